The highest BCUT2D eigenvalue weighted by molar-refractivity contribution is 7.90. The third kappa shape index (κ3) is 6.30. The van der Waals surface area contributed by atoms with Crippen LogP contribution in [0.5, 0.6) is 5.75 Å². The average molecular weight is 552 g/mol. The molecule has 4 aromatic rings. The van der Waals surface area contributed by atoms with E-state index in [-0.39, 0.29) is 17.3 Å². The van der Waals surface area contributed by atoms with Gasteiger partial charge in [-0.05, 0) is 78.7 Å². The number of hydrogen-bond acceptors (Lipinski definition) is 9. The van der Waals surface area contributed by atoms with Crippen molar-refractivity contribution in [3.05, 3.63) is 83.6 Å². The molecule has 1 atom stereocenters. The first-order valence-corrected chi connectivity index (χ1v) is 13.4. The van der Waals surface area contributed by atoms with Crippen molar-refractivity contribution in [3.8, 4) is 5.75 Å². The summed E-state index contributed by atoms with van der Waals surface area (Å²) in [5.74, 6) is 0.0327. The lowest BCUT2D eigenvalue weighted by molar-refractivity contribution is -0.120. The molecule has 1 amide bonds. The fourth-order valence-electron chi connectivity index (χ4n) is 4.00. The number of anilines is 2. The van der Waals surface area contributed by atoms with Gasteiger partial charge in [0.15, 0.2) is 11.3 Å². The van der Waals surface area contributed by atoms with Crippen LogP contribution in [0.1, 0.15) is 29.3 Å². The van der Waals surface area contributed by atoms with E-state index >= 15 is 0 Å². The summed E-state index contributed by atoms with van der Waals surface area (Å²) < 4.78 is 39.6. The van der Waals surface area contributed by atoms with E-state index in [1.54, 1.807) is 42.5 Å². The van der Waals surface area contributed by atoms with E-state index < -0.39 is 22.0 Å². The highest BCUT2D eigenvalue weighted by atomic mass is 32.2. The number of fused-ring (bicyclic) bond motifs is 1. The monoisotopic (exact) mass is 551 g/mol. The quantitative estimate of drug-likeness (QED) is 0.0923. The van der Waals surface area contributed by atoms with Crippen LogP contribution in [0.15, 0.2) is 76.0 Å². The molecule has 8 N–H and O–H groups in total. The van der Waals surface area contributed by atoms with Gasteiger partial charge in [0, 0.05) is 35.4 Å². The molecule has 4 rings (SSSR count). The van der Waals surface area contributed by atoms with Crippen molar-refractivity contribution in [3.63, 3.8) is 0 Å². The van der Waals surface area contributed by atoms with Gasteiger partial charge in [-0.2, -0.15) is 0 Å². The van der Waals surface area contributed by atoms with Crippen LogP contribution in [0, 0.1) is 5.41 Å². The van der Waals surface area contributed by atoms with Crippen LogP contribution in [0.3, 0.4) is 0 Å². The predicted molar refractivity (Wildman–Crippen MR) is 148 cm³/mol. The lowest BCUT2D eigenvalue weighted by atomic mass is 10.0. The molecule has 0 spiro atoms. The first-order valence-electron chi connectivity index (χ1n) is 12.0. The Hall–Kier alpha value is -4.55. The van der Waals surface area contributed by atoms with Crippen molar-refractivity contribution in [1.29, 1.82) is 5.41 Å². The van der Waals surface area contributed by atoms with E-state index in [1.807, 2.05) is 0 Å². The Kier molecular flexibility index (Phi) is 8.07. The first kappa shape index (κ1) is 27.5. The lowest BCUT2D eigenvalue weighted by Crippen LogP contribution is -2.37. The number of amides is 1. The SMILES string of the molecule is COc1cc([C@@H](Nc2ccc(C(=N)N)cc2)C(=O)NS(=O)(=O)c2ccc(N)cc2)cc2cc(CCCO)oc12. The minimum atomic E-state index is -4.22. The fourth-order valence-corrected chi connectivity index (χ4v) is 5.00. The number of carbonyl (C=O) groups is 1. The van der Waals surface area contributed by atoms with Gasteiger partial charge in [-0.15, -0.1) is 0 Å². The molecular weight excluding hydrogens is 522 g/mol. The Balaban J connectivity index is 1.74. The molecule has 0 aliphatic rings. The number of nitrogen functional groups attached to an aromatic ring is 2. The van der Waals surface area contributed by atoms with Crippen LogP contribution < -0.4 is 26.2 Å². The molecular formula is C27H29N5O6S. The van der Waals surface area contributed by atoms with Crippen molar-refractivity contribution in [2.75, 3.05) is 24.8 Å². The molecule has 0 fully saturated rings. The van der Waals surface area contributed by atoms with Crippen molar-refractivity contribution < 1.29 is 27.5 Å². The first-order chi connectivity index (χ1) is 18.6. The highest BCUT2D eigenvalue weighted by Gasteiger charge is 2.28. The standard InChI is InChI=1S/C27H29N5O6S/c1-37-23-15-17(13-18-14-21(3-2-12-33)38-25(18)23)24(31-20-8-4-16(5-9-20)26(29)30)27(34)32-39(35,36)22-10-6-19(28)7-11-22/h4-11,13-15,24,31,33H,2-3,12,28H2,1H3,(H3,29,30)(H,32,34)/t24-/m1/s1. The zero-order valence-corrected chi connectivity index (χ0v) is 21.9. The molecule has 0 aliphatic carbocycles. The van der Waals surface area contributed by atoms with Gasteiger partial charge in [-0.1, -0.05) is 0 Å². The van der Waals surface area contributed by atoms with E-state index in [0.29, 0.717) is 57.8 Å². The van der Waals surface area contributed by atoms with Gasteiger partial charge < -0.3 is 31.0 Å². The van der Waals surface area contributed by atoms with Gasteiger partial charge in [0.25, 0.3) is 15.9 Å². The Morgan fingerprint density at radius 1 is 1.10 bits per heavy atom. The maximum atomic E-state index is 13.5. The van der Waals surface area contributed by atoms with Crippen LogP contribution >= 0.6 is 0 Å². The topological polar surface area (TPSA) is 194 Å². The third-order valence-electron chi connectivity index (χ3n) is 5.98. The van der Waals surface area contributed by atoms with Gasteiger partial charge in [0.1, 0.15) is 17.6 Å². The molecule has 0 aliphatic heterocycles. The molecule has 1 heterocycles. The number of nitrogens with two attached hydrogens (primary N) is 2. The zero-order valence-electron chi connectivity index (χ0n) is 21.1. The number of aliphatic hydroxyl groups excluding tert-OH is 1. The smallest absolute Gasteiger partial charge is 0.264 e. The van der Waals surface area contributed by atoms with Gasteiger partial charge in [-0.3, -0.25) is 10.2 Å². The molecule has 11 nitrogen and oxygen atoms in total. The van der Waals surface area contributed by atoms with Gasteiger partial charge in [0.05, 0.1) is 12.0 Å². The average Bonchev–Trinajstić information content (AvgIpc) is 3.33. The van der Waals surface area contributed by atoms with Crippen LogP contribution in [-0.2, 0) is 21.2 Å². The van der Waals surface area contributed by atoms with E-state index in [0.717, 1.165) is 0 Å². The summed E-state index contributed by atoms with van der Waals surface area (Å²) in [5, 5.41) is 20.5. The third-order valence-corrected chi connectivity index (χ3v) is 7.35. The van der Waals surface area contributed by atoms with Crippen LogP contribution in [0.25, 0.3) is 11.0 Å². The van der Waals surface area contributed by atoms with E-state index in [9.17, 15) is 13.2 Å². The molecule has 0 radical (unpaired) electrons. The van der Waals surface area contributed by atoms with Crippen molar-refractivity contribution in [2.45, 2.75) is 23.8 Å². The Morgan fingerprint density at radius 2 is 1.79 bits per heavy atom. The second kappa shape index (κ2) is 11.5. The Morgan fingerprint density at radius 3 is 2.41 bits per heavy atom. The zero-order chi connectivity index (χ0) is 28.2. The maximum Gasteiger partial charge on any atom is 0.264 e. The second-order valence-electron chi connectivity index (χ2n) is 8.79. The Labute approximate surface area is 225 Å². The number of furan rings is 1. The molecule has 39 heavy (non-hydrogen) atoms. The van der Waals surface area contributed by atoms with E-state index in [2.05, 4.69) is 10.0 Å². The number of benzene rings is 3. The molecule has 0 saturated heterocycles. The molecule has 1 aromatic heterocycles. The number of sulfonamides is 1. The van der Waals surface area contributed by atoms with Gasteiger partial charge in [0.2, 0.25) is 0 Å². The normalized spacial score (nSPS) is 12.2. The predicted octanol–water partition coefficient (Wildman–Crippen LogP) is 2.89. The molecule has 12 heteroatoms. The summed E-state index contributed by atoms with van der Waals surface area (Å²) in [4.78, 5) is 13.4. The lowest BCUT2D eigenvalue weighted by Gasteiger charge is -2.21. The number of ether oxygens (including phenoxy) is 1. The van der Waals surface area contributed by atoms with Crippen molar-refractivity contribution in [1.82, 2.24) is 4.72 Å². The number of aliphatic hydroxyl groups is 1. The minimum absolute atomic E-state index is 0.0104. The number of rotatable bonds is 11. The summed E-state index contributed by atoms with van der Waals surface area (Å²) in [7, 11) is -2.76. The largest absolute Gasteiger partial charge is 0.493 e. The summed E-state index contributed by atoms with van der Waals surface area (Å²) >= 11 is 0. The van der Waals surface area contributed by atoms with E-state index in [1.165, 1.54) is 31.4 Å². The van der Waals surface area contributed by atoms with Crippen molar-refractivity contribution >= 4 is 44.1 Å². The van der Waals surface area contributed by atoms with Crippen molar-refractivity contribution in [2.24, 2.45) is 5.73 Å². The molecule has 0 bridgehead atoms. The maximum absolute atomic E-state index is 13.5. The second-order valence-corrected chi connectivity index (χ2v) is 10.5. The number of amidine groups is 1. The Bertz CT molecular complexity index is 1600. The summed E-state index contributed by atoms with van der Waals surface area (Å²) in [6, 6.07) is 15.9. The van der Waals surface area contributed by atoms with Crippen LogP contribution in [0.2, 0.25) is 0 Å². The van der Waals surface area contributed by atoms with E-state index in [4.69, 9.17) is 31.1 Å². The minimum Gasteiger partial charge on any atom is -0.493 e. The number of aryl methyl sites for hydroxylation is 1. The number of nitrogens with one attached hydrogen (secondary N) is 3. The summed E-state index contributed by atoms with van der Waals surface area (Å²) in [6.45, 7) is 0.0104. The fraction of sp³-hybridized carbons (Fsp3) is 0.185. The number of hydrogen-bond donors (Lipinski definition) is 6. The summed E-state index contributed by atoms with van der Waals surface area (Å²) in [5.41, 5.74) is 13.4. The van der Waals surface area contributed by atoms with Crippen LogP contribution in [0.4, 0.5) is 11.4 Å². The molecule has 3 aromatic carbocycles. The number of carbonyl (C=O) groups excluding carboxylic acids is 1. The number of methoxy groups -OCH3 is 1. The highest BCUT2D eigenvalue weighted by Crippen LogP contribution is 2.34. The van der Waals surface area contributed by atoms with Gasteiger partial charge >= 0.3 is 0 Å². The van der Waals surface area contributed by atoms with Crippen LogP contribution in [-0.4, -0.2) is 39.0 Å². The molecule has 0 unspecified atom stereocenters. The summed E-state index contributed by atoms with van der Waals surface area (Å²) in [6.07, 6.45) is 1.02. The molecule has 204 valence electrons. The molecule has 0 saturated carbocycles. The van der Waals surface area contributed by atoms with Gasteiger partial charge in [-0.25, -0.2) is 13.1 Å².